The SMILES string of the molecule is CCCCOc1cnc(N)nc1O. The second-order valence-electron chi connectivity index (χ2n) is 2.62. The van der Waals surface area contributed by atoms with Crippen LogP contribution in [0.5, 0.6) is 11.6 Å². The summed E-state index contributed by atoms with van der Waals surface area (Å²) in [7, 11) is 0. The van der Waals surface area contributed by atoms with Gasteiger partial charge in [-0.15, -0.1) is 0 Å². The van der Waals surface area contributed by atoms with E-state index in [0.717, 1.165) is 12.8 Å². The van der Waals surface area contributed by atoms with Gasteiger partial charge in [0.25, 0.3) is 5.88 Å². The van der Waals surface area contributed by atoms with Crippen molar-refractivity contribution in [2.75, 3.05) is 12.3 Å². The number of nitrogen functional groups attached to an aromatic ring is 1. The predicted molar refractivity (Wildman–Crippen MR) is 48.5 cm³/mol. The van der Waals surface area contributed by atoms with E-state index in [4.69, 9.17) is 10.5 Å². The van der Waals surface area contributed by atoms with Crippen LogP contribution < -0.4 is 10.5 Å². The highest BCUT2D eigenvalue weighted by molar-refractivity contribution is 5.34. The first kappa shape index (κ1) is 9.57. The molecule has 0 fully saturated rings. The minimum atomic E-state index is -0.205. The van der Waals surface area contributed by atoms with E-state index in [1.807, 2.05) is 0 Å². The van der Waals surface area contributed by atoms with Crippen LogP contribution >= 0.6 is 0 Å². The van der Waals surface area contributed by atoms with Crippen LogP contribution in [0.4, 0.5) is 5.95 Å². The molecule has 0 saturated heterocycles. The van der Waals surface area contributed by atoms with Crippen molar-refractivity contribution in [3.8, 4) is 11.6 Å². The zero-order valence-corrected chi connectivity index (χ0v) is 7.53. The van der Waals surface area contributed by atoms with E-state index in [0.29, 0.717) is 6.61 Å². The van der Waals surface area contributed by atoms with Crippen molar-refractivity contribution in [2.45, 2.75) is 19.8 Å². The fourth-order valence-corrected chi connectivity index (χ4v) is 0.803. The summed E-state index contributed by atoms with van der Waals surface area (Å²) in [5.74, 6) is 0.117. The molecule has 0 aliphatic rings. The highest BCUT2D eigenvalue weighted by Gasteiger charge is 2.04. The lowest BCUT2D eigenvalue weighted by molar-refractivity contribution is 0.287. The summed E-state index contributed by atoms with van der Waals surface area (Å²) >= 11 is 0. The van der Waals surface area contributed by atoms with Gasteiger partial charge in [0, 0.05) is 0 Å². The van der Waals surface area contributed by atoms with Gasteiger partial charge in [0.2, 0.25) is 5.95 Å². The summed E-state index contributed by atoms with van der Waals surface area (Å²) in [6.45, 7) is 2.61. The Morgan fingerprint density at radius 2 is 2.38 bits per heavy atom. The number of hydrogen-bond donors (Lipinski definition) is 2. The van der Waals surface area contributed by atoms with E-state index in [9.17, 15) is 5.11 Å². The molecule has 1 heterocycles. The third-order valence-corrected chi connectivity index (χ3v) is 1.51. The molecule has 0 saturated carbocycles. The van der Waals surface area contributed by atoms with Gasteiger partial charge >= 0.3 is 0 Å². The molecule has 72 valence electrons. The van der Waals surface area contributed by atoms with Gasteiger partial charge < -0.3 is 15.6 Å². The van der Waals surface area contributed by atoms with E-state index in [1.54, 1.807) is 0 Å². The number of nitrogens with two attached hydrogens (primary N) is 1. The number of hydrogen-bond acceptors (Lipinski definition) is 5. The van der Waals surface area contributed by atoms with Crippen LogP contribution in [0.15, 0.2) is 6.20 Å². The molecule has 0 aliphatic heterocycles. The Morgan fingerprint density at radius 3 is 3.00 bits per heavy atom. The fraction of sp³-hybridized carbons (Fsp3) is 0.500. The Morgan fingerprint density at radius 1 is 1.62 bits per heavy atom. The molecule has 1 aromatic heterocycles. The van der Waals surface area contributed by atoms with Crippen LogP contribution in [0.25, 0.3) is 0 Å². The molecule has 0 atom stereocenters. The molecule has 0 spiro atoms. The Hall–Kier alpha value is -1.52. The normalized spacial score (nSPS) is 9.92. The maximum absolute atomic E-state index is 9.23. The van der Waals surface area contributed by atoms with E-state index in [2.05, 4.69) is 16.9 Å². The molecule has 3 N–H and O–H groups in total. The van der Waals surface area contributed by atoms with Crippen LogP contribution in [0, 0.1) is 0 Å². The zero-order chi connectivity index (χ0) is 9.68. The number of aromatic nitrogens is 2. The van der Waals surface area contributed by atoms with Crippen molar-refractivity contribution in [3.63, 3.8) is 0 Å². The van der Waals surface area contributed by atoms with Crippen LogP contribution in [-0.2, 0) is 0 Å². The molecule has 1 rings (SSSR count). The summed E-state index contributed by atoms with van der Waals surface area (Å²) in [4.78, 5) is 7.25. The zero-order valence-electron chi connectivity index (χ0n) is 7.53. The quantitative estimate of drug-likeness (QED) is 0.679. The number of anilines is 1. The Labute approximate surface area is 76.6 Å². The first-order chi connectivity index (χ1) is 6.24. The molecule has 5 nitrogen and oxygen atoms in total. The molecule has 1 aromatic rings. The summed E-state index contributed by atoms with van der Waals surface area (Å²) < 4.78 is 5.20. The number of nitrogens with zero attached hydrogens (tertiary/aromatic N) is 2. The minimum Gasteiger partial charge on any atom is -0.491 e. The van der Waals surface area contributed by atoms with Crippen molar-refractivity contribution in [3.05, 3.63) is 6.20 Å². The Balaban J connectivity index is 2.56. The van der Waals surface area contributed by atoms with Gasteiger partial charge in [-0.2, -0.15) is 4.98 Å². The monoisotopic (exact) mass is 183 g/mol. The molecule has 0 bridgehead atoms. The maximum Gasteiger partial charge on any atom is 0.259 e. The average Bonchev–Trinajstić information content (AvgIpc) is 2.09. The summed E-state index contributed by atoms with van der Waals surface area (Å²) in [5, 5.41) is 9.23. The number of rotatable bonds is 4. The highest BCUT2D eigenvalue weighted by atomic mass is 16.5. The molecule has 0 aliphatic carbocycles. The van der Waals surface area contributed by atoms with Crippen LogP contribution in [-0.4, -0.2) is 21.7 Å². The van der Waals surface area contributed by atoms with Crippen LogP contribution in [0.2, 0.25) is 0 Å². The standard InChI is InChI=1S/C8H13N3O2/c1-2-3-4-13-6-5-10-8(9)11-7(6)12/h5H,2-4H2,1H3,(H3,9,10,11,12). The first-order valence-electron chi connectivity index (χ1n) is 4.18. The van der Waals surface area contributed by atoms with Crippen molar-refractivity contribution < 1.29 is 9.84 Å². The van der Waals surface area contributed by atoms with Gasteiger partial charge in [-0.3, -0.25) is 0 Å². The summed E-state index contributed by atoms with van der Waals surface area (Å²) in [6.07, 6.45) is 3.34. The van der Waals surface area contributed by atoms with E-state index >= 15 is 0 Å². The van der Waals surface area contributed by atoms with Gasteiger partial charge in [-0.1, -0.05) is 13.3 Å². The average molecular weight is 183 g/mol. The highest BCUT2D eigenvalue weighted by Crippen LogP contribution is 2.22. The van der Waals surface area contributed by atoms with Crippen molar-refractivity contribution in [1.82, 2.24) is 9.97 Å². The number of aromatic hydroxyl groups is 1. The minimum absolute atomic E-state index is 0.0420. The Bertz CT molecular complexity index is 278. The largest absolute Gasteiger partial charge is 0.491 e. The third-order valence-electron chi connectivity index (χ3n) is 1.51. The van der Waals surface area contributed by atoms with Crippen molar-refractivity contribution in [1.29, 1.82) is 0 Å². The second kappa shape index (κ2) is 4.49. The molecule has 0 aromatic carbocycles. The number of unbranched alkanes of at least 4 members (excludes halogenated alkanes) is 1. The van der Waals surface area contributed by atoms with E-state index in [-0.39, 0.29) is 17.6 Å². The van der Waals surface area contributed by atoms with Gasteiger partial charge in [-0.05, 0) is 6.42 Å². The summed E-state index contributed by atoms with van der Waals surface area (Å²) in [6, 6.07) is 0. The Kier molecular flexibility index (Phi) is 3.31. The van der Waals surface area contributed by atoms with Gasteiger partial charge in [0.15, 0.2) is 5.75 Å². The molecule has 0 amide bonds. The van der Waals surface area contributed by atoms with Crippen LogP contribution in [0.3, 0.4) is 0 Å². The first-order valence-corrected chi connectivity index (χ1v) is 4.18. The lowest BCUT2D eigenvalue weighted by Gasteiger charge is -2.05. The van der Waals surface area contributed by atoms with Crippen molar-refractivity contribution >= 4 is 5.95 Å². The molecule has 5 heteroatoms. The number of ether oxygens (including phenoxy) is 1. The molecular formula is C8H13N3O2. The lowest BCUT2D eigenvalue weighted by atomic mass is 10.4. The van der Waals surface area contributed by atoms with Gasteiger partial charge in [0.05, 0.1) is 12.8 Å². The summed E-state index contributed by atoms with van der Waals surface area (Å²) in [5.41, 5.74) is 5.24. The lowest BCUT2D eigenvalue weighted by Crippen LogP contribution is -2.00. The second-order valence-corrected chi connectivity index (χ2v) is 2.62. The predicted octanol–water partition coefficient (Wildman–Crippen LogP) is 0.943. The molecule has 0 radical (unpaired) electrons. The third kappa shape index (κ3) is 2.77. The van der Waals surface area contributed by atoms with Crippen molar-refractivity contribution in [2.24, 2.45) is 0 Å². The smallest absolute Gasteiger partial charge is 0.259 e. The van der Waals surface area contributed by atoms with E-state index < -0.39 is 0 Å². The van der Waals surface area contributed by atoms with Gasteiger partial charge in [0.1, 0.15) is 0 Å². The van der Waals surface area contributed by atoms with Gasteiger partial charge in [-0.25, -0.2) is 4.98 Å². The van der Waals surface area contributed by atoms with Crippen LogP contribution in [0.1, 0.15) is 19.8 Å². The molecule has 0 unspecified atom stereocenters. The fourth-order valence-electron chi connectivity index (χ4n) is 0.803. The molecular weight excluding hydrogens is 170 g/mol. The van der Waals surface area contributed by atoms with E-state index in [1.165, 1.54) is 6.20 Å². The maximum atomic E-state index is 9.23. The molecule has 13 heavy (non-hydrogen) atoms. The topological polar surface area (TPSA) is 81.3 Å².